The summed E-state index contributed by atoms with van der Waals surface area (Å²) in [4.78, 5) is 10.7. The molecule has 1 heterocycles. The number of esters is 1. The van der Waals surface area contributed by atoms with E-state index in [1.165, 1.54) is 0 Å². The molecule has 1 rings (SSSR count). The van der Waals surface area contributed by atoms with Gasteiger partial charge in [0, 0.05) is 12.8 Å². The van der Waals surface area contributed by atoms with Crippen LogP contribution in [-0.2, 0) is 9.53 Å². The van der Waals surface area contributed by atoms with Gasteiger partial charge in [0.25, 0.3) is 0 Å². The lowest BCUT2D eigenvalue weighted by Crippen LogP contribution is -2.04. The van der Waals surface area contributed by atoms with Crippen molar-refractivity contribution in [2.24, 2.45) is 0 Å². The van der Waals surface area contributed by atoms with Crippen molar-refractivity contribution < 1.29 is 14.6 Å². The first-order chi connectivity index (χ1) is 7.33. The molecule has 1 aliphatic rings. The van der Waals surface area contributed by atoms with Crippen LogP contribution in [0.5, 0.6) is 0 Å². The normalized spacial score (nSPS) is 17.4. The Morgan fingerprint density at radius 1 is 1.27 bits per heavy atom. The van der Waals surface area contributed by atoms with Crippen LogP contribution in [0.4, 0.5) is 0 Å². The third-order valence-electron chi connectivity index (χ3n) is 1.74. The zero-order chi connectivity index (χ0) is 10.9. The summed E-state index contributed by atoms with van der Waals surface area (Å²) in [6.45, 7) is -0.194. The summed E-state index contributed by atoms with van der Waals surface area (Å²) >= 11 is 0. The van der Waals surface area contributed by atoms with Crippen LogP contribution in [0.1, 0.15) is 19.3 Å². The minimum absolute atomic E-state index is 0.0738. The lowest BCUT2D eigenvalue weighted by molar-refractivity contribution is -0.141. The molecular weight excluding hydrogens is 192 g/mol. The third kappa shape index (κ3) is 4.77. The zero-order valence-electron chi connectivity index (χ0n) is 8.17. The van der Waals surface area contributed by atoms with Gasteiger partial charge in [-0.25, -0.2) is 0 Å². The van der Waals surface area contributed by atoms with Gasteiger partial charge in [-0.05, 0) is 30.1 Å². The minimum Gasteiger partial charge on any atom is -0.461 e. The summed E-state index contributed by atoms with van der Waals surface area (Å²) in [5, 5.41) is 8.31. The van der Waals surface area contributed by atoms with E-state index in [4.69, 9.17) is 9.84 Å². The van der Waals surface area contributed by atoms with Gasteiger partial charge in [0.05, 0.1) is 0 Å². The van der Waals surface area contributed by atoms with Crippen LogP contribution in [0.2, 0.25) is 0 Å². The average Bonchev–Trinajstić information content (AvgIpc) is 2.63. The number of carbonyl (C=O) groups is 1. The van der Waals surface area contributed by atoms with Crippen molar-refractivity contribution in [2.45, 2.75) is 25.4 Å². The van der Waals surface area contributed by atoms with Gasteiger partial charge < -0.3 is 9.84 Å². The number of hydrogen-bond donors (Lipinski definition) is 1. The topological polar surface area (TPSA) is 46.5 Å². The maximum absolute atomic E-state index is 10.7. The van der Waals surface area contributed by atoms with Gasteiger partial charge in [-0.2, -0.15) is 0 Å². The van der Waals surface area contributed by atoms with E-state index < -0.39 is 0 Å². The summed E-state index contributed by atoms with van der Waals surface area (Å²) in [6.07, 6.45) is 1.68. The molecule has 1 fully saturated rings. The van der Waals surface area contributed by atoms with Crippen molar-refractivity contribution in [3.63, 3.8) is 0 Å². The number of carbonyl (C=O) groups excluding carboxylic acids is 1. The summed E-state index contributed by atoms with van der Waals surface area (Å²) in [6, 6.07) is 0. The Bertz CT molecular complexity index is 403. The predicted octanol–water partition coefficient (Wildman–Crippen LogP) is 0.0846. The van der Waals surface area contributed by atoms with Crippen molar-refractivity contribution in [3.05, 3.63) is 0 Å². The highest BCUT2D eigenvalue weighted by Gasteiger charge is 2.21. The van der Waals surface area contributed by atoms with Crippen molar-refractivity contribution >= 4 is 5.97 Å². The molecule has 1 saturated heterocycles. The van der Waals surface area contributed by atoms with Crippen LogP contribution in [0, 0.1) is 35.5 Å². The average molecular weight is 202 g/mol. The fraction of sp³-hybridized carbons (Fsp3) is 0.417. The molecule has 0 aromatic carbocycles. The molecule has 0 radical (unpaired) electrons. The molecule has 1 atom stereocenters. The fourth-order valence-electron chi connectivity index (χ4n) is 1.08. The molecule has 0 spiro atoms. The number of cyclic esters (lactones) is 1. The van der Waals surface area contributed by atoms with E-state index in [9.17, 15) is 4.79 Å². The lowest BCUT2D eigenvalue weighted by Gasteiger charge is -2.01. The van der Waals surface area contributed by atoms with Crippen molar-refractivity contribution in [1.29, 1.82) is 0 Å². The number of aliphatic hydroxyl groups excluding tert-OH is 1. The number of rotatable bonds is 1. The van der Waals surface area contributed by atoms with Crippen LogP contribution in [0.15, 0.2) is 0 Å². The second-order valence-corrected chi connectivity index (χ2v) is 2.87. The Morgan fingerprint density at radius 3 is 2.60 bits per heavy atom. The number of hydrogen-bond acceptors (Lipinski definition) is 3. The molecule has 0 amide bonds. The monoisotopic (exact) mass is 202 g/mol. The highest BCUT2D eigenvalue weighted by Crippen LogP contribution is 2.15. The largest absolute Gasteiger partial charge is 0.461 e. The molecule has 1 aliphatic heterocycles. The number of aliphatic hydroxyl groups is 1. The van der Waals surface area contributed by atoms with E-state index >= 15 is 0 Å². The molecule has 15 heavy (non-hydrogen) atoms. The van der Waals surface area contributed by atoms with Crippen LogP contribution in [0.3, 0.4) is 0 Å². The Balaban J connectivity index is 2.27. The fourth-order valence-corrected chi connectivity index (χ4v) is 1.08. The molecule has 3 heteroatoms. The maximum atomic E-state index is 10.7. The third-order valence-corrected chi connectivity index (χ3v) is 1.74. The summed E-state index contributed by atoms with van der Waals surface area (Å²) in [7, 11) is 0. The van der Waals surface area contributed by atoms with E-state index in [0.717, 1.165) is 6.42 Å². The quantitative estimate of drug-likeness (QED) is 0.484. The van der Waals surface area contributed by atoms with E-state index in [2.05, 4.69) is 35.5 Å². The Hall–Kier alpha value is -1.89. The zero-order valence-corrected chi connectivity index (χ0v) is 8.17. The second kappa shape index (κ2) is 6.55. The summed E-state index contributed by atoms with van der Waals surface area (Å²) in [5.74, 6) is 15.0. The van der Waals surface area contributed by atoms with Gasteiger partial charge in [-0.3, -0.25) is 4.79 Å². The molecular formula is C12H10O3. The van der Waals surface area contributed by atoms with Gasteiger partial charge in [-0.1, -0.05) is 11.8 Å². The minimum atomic E-state index is -0.194. The molecule has 3 nitrogen and oxygen atoms in total. The van der Waals surface area contributed by atoms with Gasteiger partial charge >= 0.3 is 5.97 Å². The SMILES string of the molecule is O=C1CCC(CC#CC#CC#CCO)O1. The van der Waals surface area contributed by atoms with Crippen molar-refractivity contribution in [2.75, 3.05) is 6.61 Å². The molecule has 1 N–H and O–H groups in total. The van der Waals surface area contributed by atoms with E-state index in [1.54, 1.807) is 0 Å². The van der Waals surface area contributed by atoms with Crippen LogP contribution >= 0.6 is 0 Å². The first-order valence-corrected chi connectivity index (χ1v) is 4.59. The first kappa shape index (κ1) is 11.2. The highest BCUT2D eigenvalue weighted by atomic mass is 16.5. The van der Waals surface area contributed by atoms with E-state index in [0.29, 0.717) is 12.8 Å². The Labute approximate surface area is 88.8 Å². The van der Waals surface area contributed by atoms with Crippen molar-refractivity contribution in [3.8, 4) is 35.5 Å². The van der Waals surface area contributed by atoms with E-state index in [-0.39, 0.29) is 18.7 Å². The maximum Gasteiger partial charge on any atom is 0.306 e. The Kier molecular flexibility index (Phi) is 4.88. The van der Waals surface area contributed by atoms with Crippen LogP contribution in [0.25, 0.3) is 0 Å². The van der Waals surface area contributed by atoms with Gasteiger partial charge in [0.15, 0.2) is 0 Å². The molecule has 0 aromatic rings. The van der Waals surface area contributed by atoms with Crippen molar-refractivity contribution in [1.82, 2.24) is 0 Å². The van der Waals surface area contributed by atoms with Crippen LogP contribution < -0.4 is 0 Å². The van der Waals surface area contributed by atoms with Gasteiger partial charge in [0.1, 0.15) is 12.7 Å². The molecule has 0 saturated carbocycles. The molecule has 1 unspecified atom stereocenters. The van der Waals surface area contributed by atoms with Gasteiger partial charge in [0.2, 0.25) is 0 Å². The lowest BCUT2D eigenvalue weighted by atomic mass is 10.2. The standard InChI is InChI=1S/C12H10O3/c13-10-6-4-2-1-3-5-7-11-8-9-12(14)15-11/h11,13H,7-10H2. The van der Waals surface area contributed by atoms with Crippen LogP contribution in [-0.4, -0.2) is 23.8 Å². The van der Waals surface area contributed by atoms with E-state index in [1.807, 2.05) is 0 Å². The molecule has 76 valence electrons. The molecule has 0 bridgehead atoms. The highest BCUT2D eigenvalue weighted by molar-refractivity contribution is 5.71. The number of ether oxygens (including phenoxy) is 1. The molecule has 0 aliphatic carbocycles. The summed E-state index contributed by atoms with van der Waals surface area (Å²) < 4.78 is 4.96. The predicted molar refractivity (Wildman–Crippen MR) is 54.1 cm³/mol. The summed E-state index contributed by atoms with van der Waals surface area (Å²) in [5.41, 5.74) is 0. The smallest absolute Gasteiger partial charge is 0.306 e. The molecule has 0 aromatic heterocycles. The van der Waals surface area contributed by atoms with Gasteiger partial charge in [-0.15, -0.1) is 0 Å². The Morgan fingerprint density at radius 2 is 2.00 bits per heavy atom. The first-order valence-electron chi connectivity index (χ1n) is 4.59. The second-order valence-electron chi connectivity index (χ2n) is 2.87.